The zero-order valence-electron chi connectivity index (χ0n) is 38.0. The van der Waals surface area contributed by atoms with Crippen LogP contribution in [0.1, 0.15) is 77.9 Å². The molecule has 300 valence electrons. The van der Waals surface area contributed by atoms with Crippen LogP contribution in [0, 0.1) is 96.9 Å². The Bertz CT molecular complexity index is 2250. The van der Waals surface area contributed by atoms with Gasteiger partial charge in [0.2, 0.25) is 0 Å². The van der Waals surface area contributed by atoms with Gasteiger partial charge in [-0.25, -0.2) is 0 Å². The van der Waals surface area contributed by atoms with Crippen molar-refractivity contribution in [2.75, 3.05) is 0 Å². The molecule has 8 aromatic carbocycles. The molecule has 8 rings (SSSR count). The Morgan fingerprint density at radius 3 is 0.724 bits per heavy atom. The minimum Gasteiger partial charge on any atom is -0.0620 e. The molecular weight excluding hydrogens is 697 g/mol. The van der Waals surface area contributed by atoms with Gasteiger partial charge in [0, 0.05) is 0 Å². The predicted molar refractivity (Wildman–Crippen MR) is 260 cm³/mol. The second-order valence-electron chi connectivity index (χ2n) is 15.9. The minimum absolute atomic E-state index is 1.33. The predicted octanol–water partition coefficient (Wildman–Crippen LogP) is 16.7. The summed E-state index contributed by atoms with van der Waals surface area (Å²) >= 11 is 0. The van der Waals surface area contributed by atoms with Crippen LogP contribution in [-0.2, 0) is 0 Å². The molecular formula is C58H68. The molecule has 8 aromatic rings. The van der Waals surface area contributed by atoms with Crippen molar-refractivity contribution in [2.45, 2.75) is 96.9 Å². The van der Waals surface area contributed by atoms with E-state index in [9.17, 15) is 0 Å². The van der Waals surface area contributed by atoms with Gasteiger partial charge < -0.3 is 0 Å². The Labute approximate surface area is 352 Å². The quantitative estimate of drug-likeness (QED) is 0.144. The SMILES string of the molecule is Cc1cc(C)c(C)cc1C.Cc1ccc(C)c2ccccc12.Cc1ccc(C)cc1.Cc1cccc(C)c1.Cc1cccc2c(C)cccc12.Cc1ccccc1C. The van der Waals surface area contributed by atoms with Crippen LogP contribution < -0.4 is 0 Å². The highest BCUT2D eigenvalue weighted by molar-refractivity contribution is 5.89. The molecule has 0 nitrogen and oxygen atoms in total. The molecule has 0 aromatic heterocycles. The van der Waals surface area contributed by atoms with E-state index in [0.29, 0.717) is 0 Å². The second kappa shape index (κ2) is 23.5. The summed E-state index contributed by atoms with van der Waals surface area (Å²) < 4.78 is 0. The van der Waals surface area contributed by atoms with Gasteiger partial charge in [-0.3, -0.25) is 0 Å². The number of benzene rings is 8. The molecule has 0 amide bonds. The highest BCUT2D eigenvalue weighted by atomic mass is 14.0. The van der Waals surface area contributed by atoms with E-state index in [0.717, 1.165) is 0 Å². The van der Waals surface area contributed by atoms with Crippen molar-refractivity contribution < 1.29 is 0 Å². The van der Waals surface area contributed by atoms with Crippen LogP contribution >= 0.6 is 0 Å². The monoisotopic (exact) mass is 765 g/mol. The molecule has 0 aliphatic heterocycles. The lowest BCUT2D eigenvalue weighted by atomic mass is 10.0. The van der Waals surface area contributed by atoms with Crippen molar-refractivity contribution in [1.29, 1.82) is 0 Å². The molecule has 0 saturated heterocycles. The first-order chi connectivity index (χ1) is 27.6. The molecule has 0 aliphatic rings. The van der Waals surface area contributed by atoms with Gasteiger partial charge in [0.1, 0.15) is 0 Å². The Morgan fingerprint density at radius 1 is 0.172 bits per heavy atom. The first-order valence-electron chi connectivity index (χ1n) is 20.6. The van der Waals surface area contributed by atoms with Gasteiger partial charge in [-0.15, -0.1) is 0 Å². The topological polar surface area (TPSA) is 0 Å². The number of hydrogen-bond donors (Lipinski definition) is 0. The maximum Gasteiger partial charge on any atom is -0.0152 e. The van der Waals surface area contributed by atoms with Crippen LogP contribution in [-0.4, -0.2) is 0 Å². The summed E-state index contributed by atoms with van der Waals surface area (Å²) in [4.78, 5) is 0. The highest BCUT2D eigenvalue weighted by Crippen LogP contribution is 2.22. The summed E-state index contributed by atoms with van der Waals surface area (Å²) in [5.74, 6) is 0. The highest BCUT2D eigenvalue weighted by Gasteiger charge is 1.99. The fourth-order valence-corrected chi connectivity index (χ4v) is 6.44. The maximum absolute atomic E-state index is 2.24. The average molecular weight is 765 g/mol. The lowest BCUT2D eigenvalue weighted by Gasteiger charge is -2.04. The van der Waals surface area contributed by atoms with Crippen LogP contribution in [0.2, 0.25) is 0 Å². The van der Waals surface area contributed by atoms with Crippen LogP contribution in [0.5, 0.6) is 0 Å². The fraction of sp³-hybridized carbons (Fsp3) is 0.241. The normalized spacial score (nSPS) is 9.90. The van der Waals surface area contributed by atoms with Gasteiger partial charge in [0.25, 0.3) is 0 Å². The summed E-state index contributed by atoms with van der Waals surface area (Å²) in [6.45, 7) is 29.9. The zero-order chi connectivity index (χ0) is 42.8. The van der Waals surface area contributed by atoms with E-state index < -0.39 is 0 Å². The third kappa shape index (κ3) is 15.3. The van der Waals surface area contributed by atoms with Crippen LogP contribution in [0.15, 0.2) is 158 Å². The van der Waals surface area contributed by atoms with E-state index in [1.54, 1.807) is 0 Å². The van der Waals surface area contributed by atoms with Gasteiger partial charge in [-0.1, -0.05) is 180 Å². The Morgan fingerprint density at radius 2 is 0.431 bits per heavy atom. The molecule has 0 fully saturated rings. The van der Waals surface area contributed by atoms with E-state index in [-0.39, 0.29) is 0 Å². The van der Waals surface area contributed by atoms with Crippen LogP contribution in [0.25, 0.3) is 21.5 Å². The van der Waals surface area contributed by atoms with E-state index in [1.165, 1.54) is 99.4 Å². The third-order valence-corrected chi connectivity index (χ3v) is 10.6. The van der Waals surface area contributed by atoms with E-state index >= 15 is 0 Å². The molecule has 0 atom stereocenters. The Hall–Kier alpha value is -5.72. The molecule has 0 saturated carbocycles. The number of aryl methyl sites for hydroxylation is 14. The minimum atomic E-state index is 1.33. The summed E-state index contributed by atoms with van der Waals surface area (Å²) in [6.07, 6.45) is 0. The Kier molecular flexibility index (Phi) is 18.9. The van der Waals surface area contributed by atoms with E-state index in [2.05, 4.69) is 255 Å². The first-order valence-corrected chi connectivity index (χ1v) is 20.6. The molecule has 58 heavy (non-hydrogen) atoms. The molecule has 0 heterocycles. The van der Waals surface area contributed by atoms with Crippen molar-refractivity contribution in [3.8, 4) is 0 Å². The zero-order valence-corrected chi connectivity index (χ0v) is 38.0. The maximum atomic E-state index is 2.24. The van der Waals surface area contributed by atoms with Crippen molar-refractivity contribution in [3.63, 3.8) is 0 Å². The Balaban J connectivity index is 0.000000188. The summed E-state index contributed by atoms with van der Waals surface area (Å²) in [5.41, 5.74) is 19.1. The largest absolute Gasteiger partial charge is 0.0620 e. The summed E-state index contributed by atoms with van der Waals surface area (Å²) in [6, 6.07) is 55.6. The van der Waals surface area contributed by atoms with Gasteiger partial charge >= 0.3 is 0 Å². The van der Waals surface area contributed by atoms with E-state index in [4.69, 9.17) is 0 Å². The van der Waals surface area contributed by atoms with Crippen molar-refractivity contribution in [3.05, 3.63) is 236 Å². The standard InChI is InChI=1S/2C12H12.C10H14.3C8H10/c1-9-5-3-8-12-10(2)6-4-7-11(9)12;1-9-7-8-10(2)12-6-4-3-5-11(9)12;1-7-5-9(3)10(4)6-8(7)2;1-7-3-5-8(2)6-4-7;1-7-4-3-5-8(2)6-7;1-7-5-3-4-6-8(7)2/h2*3-8H,1-2H3;5-6H,1-4H3;3*3-6H,1-2H3. The number of rotatable bonds is 0. The lowest BCUT2D eigenvalue weighted by molar-refractivity contribution is 1.24. The van der Waals surface area contributed by atoms with Crippen molar-refractivity contribution in [1.82, 2.24) is 0 Å². The summed E-state index contributed by atoms with van der Waals surface area (Å²) in [5, 5.41) is 5.49. The first kappa shape index (κ1) is 46.7. The van der Waals surface area contributed by atoms with Gasteiger partial charge in [-0.2, -0.15) is 0 Å². The van der Waals surface area contributed by atoms with Gasteiger partial charge in [-0.05, 0) is 174 Å². The van der Waals surface area contributed by atoms with Gasteiger partial charge in [0.05, 0.1) is 0 Å². The molecule has 0 unspecified atom stereocenters. The molecule has 0 radical (unpaired) electrons. The smallest absolute Gasteiger partial charge is 0.0152 e. The van der Waals surface area contributed by atoms with E-state index in [1.807, 2.05) is 0 Å². The molecule has 0 heteroatoms. The fourth-order valence-electron chi connectivity index (χ4n) is 6.44. The third-order valence-electron chi connectivity index (χ3n) is 10.6. The van der Waals surface area contributed by atoms with Crippen LogP contribution in [0.3, 0.4) is 0 Å². The van der Waals surface area contributed by atoms with Crippen molar-refractivity contribution in [2.24, 2.45) is 0 Å². The molecule has 0 bridgehead atoms. The second-order valence-corrected chi connectivity index (χ2v) is 15.9. The van der Waals surface area contributed by atoms with Crippen molar-refractivity contribution >= 4 is 21.5 Å². The number of fused-ring (bicyclic) bond motifs is 2. The number of hydrogen-bond acceptors (Lipinski definition) is 0. The van der Waals surface area contributed by atoms with Crippen LogP contribution in [0.4, 0.5) is 0 Å². The van der Waals surface area contributed by atoms with Gasteiger partial charge in [0.15, 0.2) is 0 Å². The average Bonchev–Trinajstić information content (AvgIpc) is 3.20. The lowest BCUT2D eigenvalue weighted by Crippen LogP contribution is -1.86. The summed E-state index contributed by atoms with van der Waals surface area (Å²) in [7, 11) is 0. The molecule has 0 aliphatic carbocycles. The molecule has 0 spiro atoms. The molecule has 0 N–H and O–H groups in total.